The molecule has 4 atom stereocenters. The van der Waals surface area contributed by atoms with E-state index in [4.69, 9.17) is 32.7 Å². The van der Waals surface area contributed by atoms with E-state index in [0.29, 0.717) is 5.57 Å². The predicted molar refractivity (Wildman–Crippen MR) is 156 cm³/mol. The van der Waals surface area contributed by atoms with E-state index in [-0.39, 0.29) is 44.6 Å². The van der Waals surface area contributed by atoms with Crippen molar-refractivity contribution in [1.82, 2.24) is 5.32 Å². The van der Waals surface area contributed by atoms with E-state index in [1.165, 1.54) is 62.8 Å². The fraction of sp³-hybridized carbons (Fsp3) is 0.258. The van der Waals surface area contributed by atoms with Gasteiger partial charge in [-0.2, -0.15) is 5.26 Å². The van der Waals surface area contributed by atoms with Gasteiger partial charge in [0, 0.05) is 22.5 Å². The molecule has 4 rings (SSSR count). The minimum Gasteiger partial charge on any atom is -0.495 e. The molecule has 11 heteroatoms. The van der Waals surface area contributed by atoms with Crippen molar-refractivity contribution < 1.29 is 27.8 Å². The summed E-state index contributed by atoms with van der Waals surface area (Å²) in [4.78, 5) is 26.0. The lowest BCUT2D eigenvalue weighted by molar-refractivity contribution is -0.118. The second-order valence-electron chi connectivity index (χ2n) is 9.98. The molecule has 3 aromatic rings. The maximum absolute atomic E-state index is 15.7. The first-order valence-corrected chi connectivity index (χ1v) is 13.5. The molecule has 1 fully saturated rings. The number of ether oxygens (including phenoxy) is 2. The molecule has 1 saturated heterocycles. The molecule has 7 nitrogen and oxygen atoms in total. The largest absolute Gasteiger partial charge is 0.495 e. The highest BCUT2D eigenvalue weighted by atomic mass is 35.5. The number of rotatable bonds is 8. The van der Waals surface area contributed by atoms with Crippen LogP contribution in [0.5, 0.6) is 5.75 Å². The molecule has 1 amide bonds. The molecular weight excluding hydrogens is 587 g/mol. The van der Waals surface area contributed by atoms with Gasteiger partial charge in [-0.25, -0.2) is 13.6 Å². The number of carbonyl (C=O) groups excluding carboxylic acids is 2. The Bertz CT molecular complexity index is 1610. The minimum absolute atomic E-state index is 0.0525. The summed E-state index contributed by atoms with van der Waals surface area (Å²) in [6.45, 7) is 5.69. The Hall–Kier alpha value is -3.97. The van der Waals surface area contributed by atoms with Gasteiger partial charge in [0.25, 0.3) is 0 Å². The molecule has 1 aliphatic rings. The first-order valence-electron chi connectivity index (χ1n) is 12.8. The third kappa shape index (κ3) is 5.58. The van der Waals surface area contributed by atoms with Crippen molar-refractivity contribution in [2.24, 2.45) is 0 Å². The molecule has 218 valence electrons. The number of nitrogens with zero attached hydrogens (tertiary/aromatic N) is 1. The first-order chi connectivity index (χ1) is 20.0. The van der Waals surface area contributed by atoms with Gasteiger partial charge in [-0.05, 0) is 55.3 Å². The molecule has 0 bridgehead atoms. The number of hydrogen-bond donors (Lipinski definition) is 2. The number of hydrogen-bond acceptors (Lipinski definition) is 6. The van der Waals surface area contributed by atoms with Crippen LogP contribution in [0.1, 0.15) is 40.7 Å². The van der Waals surface area contributed by atoms with Crippen LogP contribution in [0.4, 0.5) is 14.5 Å². The van der Waals surface area contributed by atoms with Gasteiger partial charge in [-0.15, -0.1) is 6.58 Å². The Kier molecular flexibility index (Phi) is 9.21. The summed E-state index contributed by atoms with van der Waals surface area (Å²) in [5.41, 5.74) is -0.886. The zero-order valence-electron chi connectivity index (χ0n) is 22.9. The third-order valence-electron chi connectivity index (χ3n) is 7.35. The Balaban J connectivity index is 1.91. The number of benzene rings is 3. The van der Waals surface area contributed by atoms with Gasteiger partial charge < -0.3 is 20.1 Å². The monoisotopic (exact) mass is 613 g/mol. The van der Waals surface area contributed by atoms with Crippen LogP contribution >= 0.6 is 23.2 Å². The molecule has 0 unspecified atom stereocenters. The topological polar surface area (TPSA) is 100 Å². The maximum atomic E-state index is 15.7. The molecule has 1 aliphatic heterocycles. The molecule has 0 radical (unpaired) electrons. The molecular formula is C31H27Cl2F2N3O4. The van der Waals surface area contributed by atoms with Crippen LogP contribution in [0.3, 0.4) is 0 Å². The van der Waals surface area contributed by atoms with Crippen LogP contribution in [0.2, 0.25) is 10.0 Å². The quantitative estimate of drug-likeness (QED) is 0.220. The van der Waals surface area contributed by atoms with Gasteiger partial charge in [-0.1, -0.05) is 47.0 Å². The SMILES string of the molecule is C=C(C)C[C@@H]1N[C@@H](C(=O)Nc2ccc(C(=O)OC)cc2OC)[C@H](c2cccc(Cl)c2F)[C@@]1(C#N)c1ccc(Cl)cc1F. The van der Waals surface area contributed by atoms with Crippen LogP contribution in [-0.2, 0) is 14.9 Å². The van der Waals surface area contributed by atoms with Crippen LogP contribution < -0.4 is 15.4 Å². The Labute approximate surface area is 252 Å². The van der Waals surface area contributed by atoms with Crippen molar-refractivity contribution in [3.05, 3.63) is 105 Å². The number of esters is 1. The minimum atomic E-state index is -1.81. The second kappa shape index (κ2) is 12.5. The highest BCUT2D eigenvalue weighted by Crippen LogP contribution is 2.52. The van der Waals surface area contributed by atoms with Crippen molar-refractivity contribution in [2.75, 3.05) is 19.5 Å². The van der Waals surface area contributed by atoms with Gasteiger partial charge in [-0.3, -0.25) is 4.79 Å². The molecule has 0 aromatic heterocycles. The van der Waals surface area contributed by atoms with E-state index in [9.17, 15) is 14.9 Å². The number of nitrogens with one attached hydrogen (secondary N) is 2. The number of anilines is 1. The summed E-state index contributed by atoms with van der Waals surface area (Å²) < 4.78 is 41.5. The second-order valence-corrected chi connectivity index (χ2v) is 10.8. The van der Waals surface area contributed by atoms with E-state index < -0.39 is 46.9 Å². The number of carbonyl (C=O) groups is 2. The summed E-state index contributed by atoms with van der Waals surface area (Å²) in [5.74, 6) is -4.00. The average Bonchev–Trinajstić information content (AvgIpc) is 3.27. The van der Waals surface area contributed by atoms with Crippen molar-refractivity contribution in [1.29, 1.82) is 5.26 Å². The fourth-order valence-electron chi connectivity index (χ4n) is 5.54. The number of halogens is 4. The molecule has 42 heavy (non-hydrogen) atoms. The normalized spacial score (nSPS) is 21.3. The van der Waals surface area contributed by atoms with Crippen LogP contribution in [0.15, 0.2) is 66.7 Å². The van der Waals surface area contributed by atoms with Crippen LogP contribution in [-0.4, -0.2) is 38.2 Å². The number of amides is 1. The van der Waals surface area contributed by atoms with E-state index in [1.807, 2.05) is 0 Å². The Morgan fingerprint density at radius 2 is 1.88 bits per heavy atom. The number of methoxy groups -OCH3 is 2. The van der Waals surface area contributed by atoms with Gasteiger partial charge in [0.1, 0.15) is 22.8 Å². The predicted octanol–water partition coefficient (Wildman–Crippen LogP) is 6.56. The van der Waals surface area contributed by atoms with Gasteiger partial charge >= 0.3 is 5.97 Å². The van der Waals surface area contributed by atoms with E-state index >= 15 is 8.78 Å². The zero-order valence-corrected chi connectivity index (χ0v) is 24.4. The molecule has 0 saturated carbocycles. The maximum Gasteiger partial charge on any atom is 0.337 e. The van der Waals surface area contributed by atoms with Crippen molar-refractivity contribution in [3.63, 3.8) is 0 Å². The van der Waals surface area contributed by atoms with E-state index in [0.717, 1.165) is 6.07 Å². The van der Waals surface area contributed by atoms with Crippen LogP contribution in [0, 0.1) is 23.0 Å². The van der Waals surface area contributed by atoms with Crippen LogP contribution in [0.25, 0.3) is 0 Å². The summed E-state index contributed by atoms with van der Waals surface area (Å²) in [7, 11) is 2.59. The fourth-order valence-corrected chi connectivity index (χ4v) is 5.88. The molecule has 1 heterocycles. The Morgan fingerprint density at radius 3 is 2.50 bits per heavy atom. The first kappa shape index (κ1) is 31.0. The smallest absolute Gasteiger partial charge is 0.337 e. The van der Waals surface area contributed by atoms with Gasteiger partial charge in [0.15, 0.2) is 0 Å². The summed E-state index contributed by atoms with van der Waals surface area (Å²) in [6, 6.07) is 12.5. The summed E-state index contributed by atoms with van der Waals surface area (Å²) in [5, 5.41) is 16.7. The van der Waals surface area contributed by atoms with Gasteiger partial charge in [0.2, 0.25) is 5.91 Å². The van der Waals surface area contributed by atoms with Crippen molar-refractivity contribution in [3.8, 4) is 11.8 Å². The lowest BCUT2D eigenvalue weighted by Gasteiger charge is -2.35. The highest BCUT2D eigenvalue weighted by molar-refractivity contribution is 6.31. The Morgan fingerprint density at radius 1 is 1.14 bits per heavy atom. The molecule has 3 aromatic carbocycles. The van der Waals surface area contributed by atoms with E-state index in [2.05, 4.69) is 23.3 Å². The van der Waals surface area contributed by atoms with Crippen molar-refractivity contribution in [2.45, 2.75) is 36.8 Å². The van der Waals surface area contributed by atoms with Crippen molar-refractivity contribution >= 4 is 40.8 Å². The number of nitriles is 1. The lowest BCUT2D eigenvalue weighted by Crippen LogP contribution is -2.43. The lowest BCUT2D eigenvalue weighted by atomic mass is 9.64. The zero-order chi connectivity index (χ0) is 30.8. The molecule has 0 aliphatic carbocycles. The average molecular weight is 614 g/mol. The van der Waals surface area contributed by atoms with Gasteiger partial charge in [0.05, 0.1) is 42.6 Å². The highest BCUT2D eigenvalue weighted by Gasteiger charge is 2.60. The summed E-state index contributed by atoms with van der Waals surface area (Å²) in [6.07, 6.45) is 0.162. The molecule has 2 N–H and O–H groups in total. The van der Waals surface area contributed by atoms with E-state index in [1.54, 1.807) is 6.92 Å². The third-order valence-corrected chi connectivity index (χ3v) is 7.88. The summed E-state index contributed by atoms with van der Waals surface area (Å²) >= 11 is 12.2. The standard InChI is InChI=1S/C31H27Cl2F2N3O4/c1-16(2)12-25-31(15-36,20-10-9-18(32)14-22(20)34)26(19-6-5-7-21(33)27(19)35)28(38-25)29(39)37-23-11-8-17(30(40)42-4)13-24(23)41-3/h5-11,13-14,25-26,28,38H,1,12H2,2-4H3,(H,37,39)/t25-,26-,28+,31-/m0/s1. The molecule has 0 spiro atoms.